The molecule has 15 heavy (non-hydrogen) atoms. The SMILES string of the molecule is CC(CCO)CNC(=O)C1CCCCS1. The van der Waals surface area contributed by atoms with E-state index in [0.29, 0.717) is 12.5 Å². The van der Waals surface area contributed by atoms with Crippen LogP contribution in [0.4, 0.5) is 0 Å². The van der Waals surface area contributed by atoms with Crippen LogP contribution in [0.1, 0.15) is 32.6 Å². The average molecular weight is 231 g/mol. The second-order valence-electron chi connectivity index (χ2n) is 4.22. The van der Waals surface area contributed by atoms with E-state index in [0.717, 1.165) is 18.6 Å². The van der Waals surface area contributed by atoms with Gasteiger partial charge in [-0.1, -0.05) is 13.3 Å². The molecule has 4 heteroatoms. The summed E-state index contributed by atoms with van der Waals surface area (Å²) in [6, 6.07) is 0. The van der Waals surface area contributed by atoms with Crippen molar-refractivity contribution in [2.45, 2.75) is 37.9 Å². The summed E-state index contributed by atoms with van der Waals surface area (Å²) >= 11 is 1.77. The number of aliphatic hydroxyl groups excluding tert-OH is 1. The van der Waals surface area contributed by atoms with Crippen molar-refractivity contribution in [3.63, 3.8) is 0 Å². The molecule has 1 saturated heterocycles. The van der Waals surface area contributed by atoms with Gasteiger partial charge in [-0.15, -0.1) is 11.8 Å². The number of aliphatic hydroxyl groups is 1. The molecule has 0 aliphatic carbocycles. The van der Waals surface area contributed by atoms with Gasteiger partial charge in [-0.05, 0) is 30.9 Å². The Morgan fingerprint density at radius 1 is 1.60 bits per heavy atom. The van der Waals surface area contributed by atoms with Crippen molar-refractivity contribution in [2.75, 3.05) is 18.9 Å². The third kappa shape index (κ3) is 4.89. The predicted molar refractivity (Wildman–Crippen MR) is 64.0 cm³/mol. The van der Waals surface area contributed by atoms with Crippen LogP contribution in [0.3, 0.4) is 0 Å². The summed E-state index contributed by atoms with van der Waals surface area (Å²) in [5.74, 6) is 1.67. The quantitative estimate of drug-likeness (QED) is 0.752. The van der Waals surface area contributed by atoms with Gasteiger partial charge in [-0.2, -0.15) is 0 Å². The predicted octanol–water partition coefficient (Wildman–Crippen LogP) is 1.41. The smallest absolute Gasteiger partial charge is 0.233 e. The van der Waals surface area contributed by atoms with Crippen molar-refractivity contribution in [3.8, 4) is 0 Å². The standard InChI is InChI=1S/C11H21NO2S/c1-9(5-6-13)8-12-11(14)10-4-2-3-7-15-10/h9-10,13H,2-8H2,1H3,(H,12,14). The van der Waals surface area contributed by atoms with E-state index >= 15 is 0 Å². The molecule has 0 aromatic carbocycles. The van der Waals surface area contributed by atoms with Crippen LogP contribution in [0.5, 0.6) is 0 Å². The van der Waals surface area contributed by atoms with E-state index in [9.17, 15) is 4.79 Å². The van der Waals surface area contributed by atoms with Crippen molar-refractivity contribution < 1.29 is 9.90 Å². The minimum Gasteiger partial charge on any atom is -0.396 e. The van der Waals surface area contributed by atoms with Gasteiger partial charge in [0.05, 0.1) is 5.25 Å². The molecule has 1 amide bonds. The number of hydrogen-bond acceptors (Lipinski definition) is 3. The van der Waals surface area contributed by atoms with E-state index in [4.69, 9.17) is 5.11 Å². The van der Waals surface area contributed by atoms with Crippen molar-refractivity contribution >= 4 is 17.7 Å². The zero-order valence-corrected chi connectivity index (χ0v) is 10.2. The first kappa shape index (κ1) is 12.8. The Bertz CT molecular complexity index is 193. The lowest BCUT2D eigenvalue weighted by Gasteiger charge is -2.21. The molecule has 2 atom stereocenters. The Morgan fingerprint density at radius 3 is 3.00 bits per heavy atom. The highest BCUT2D eigenvalue weighted by atomic mass is 32.2. The molecule has 0 bridgehead atoms. The van der Waals surface area contributed by atoms with Crippen LogP contribution >= 0.6 is 11.8 Å². The average Bonchev–Trinajstić information content (AvgIpc) is 2.27. The normalized spacial score (nSPS) is 23.5. The molecule has 0 aromatic heterocycles. The van der Waals surface area contributed by atoms with Crippen molar-refractivity contribution in [1.82, 2.24) is 5.32 Å². The van der Waals surface area contributed by atoms with E-state index < -0.39 is 0 Å². The van der Waals surface area contributed by atoms with Gasteiger partial charge in [0.2, 0.25) is 5.91 Å². The number of carbonyl (C=O) groups excluding carboxylic acids is 1. The van der Waals surface area contributed by atoms with Gasteiger partial charge in [0.25, 0.3) is 0 Å². The number of amides is 1. The van der Waals surface area contributed by atoms with E-state index in [2.05, 4.69) is 5.32 Å². The lowest BCUT2D eigenvalue weighted by Crippen LogP contribution is -2.36. The summed E-state index contributed by atoms with van der Waals surface area (Å²) in [4.78, 5) is 11.7. The largest absolute Gasteiger partial charge is 0.396 e. The van der Waals surface area contributed by atoms with E-state index in [1.165, 1.54) is 12.8 Å². The molecule has 0 radical (unpaired) electrons. The molecule has 1 aliphatic rings. The van der Waals surface area contributed by atoms with E-state index in [-0.39, 0.29) is 17.8 Å². The fourth-order valence-electron chi connectivity index (χ4n) is 1.66. The molecule has 1 rings (SSSR count). The van der Waals surface area contributed by atoms with Crippen LogP contribution in [-0.4, -0.2) is 35.2 Å². The Morgan fingerprint density at radius 2 is 2.40 bits per heavy atom. The molecule has 1 aliphatic heterocycles. The summed E-state index contributed by atoms with van der Waals surface area (Å²) in [6.07, 6.45) is 4.20. The highest BCUT2D eigenvalue weighted by molar-refractivity contribution is 8.00. The summed E-state index contributed by atoms with van der Waals surface area (Å²) < 4.78 is 0. The third-order valence-corrected chi connectivity index (χ3v) is 4.10. The van der Waals surface area contributed by atoms with Crippen LogP contribution in [0.25, 0.3) is 0 Å². The summed E-state index contributed by atoms with van der Waals surface area (Å²) in [7, 11) is 0. The number of carbonyl (C=O) groups is 1. The number of hydrogen-bond donors (Lipinski definition) is 2. The zero-order valence-electron chi connectivity index (χ0n) is 9.37. The van der Waals surface area contributed by atoms with E-state index in [1.54, 1.807) is 11.8 Å². The molecule has 1 fully saturated rings. The van der Waals surface area contributed by atoms with Crippen LogP contribution < -0.4 is 5.32 Å². The van der Waals surface area contributed by atoms with Crippen LogP contribution in [0, 0.1) is 5.92 Å². The van der Waals surface area contributed by atoms with Gasteiger partial charge < -0.3 is 10.4 Å². The molecule has 0 spiro atoms. The van der Waals surface area contributed by atoms with Crippen molar-refractivity contribution in [2.24, 2.45) is 5.92 Å². The van der Waals surface area contributed by atoms with Gasteiger partial charge in [0.1, 0.15) is 0 Å². The summed E-state index contributed by atoms with van der Waals surface area (Å²) in [6.45, 7) is 2.94. The first-order valence-electron chi connectivity index (χ1n) is 5.74. The number of nitrogens with one attached hydrogen (secondary N) is 1. The molecular formula is C11H21NO2S. The van der Waals surface area contributed by atoms with E-state index in [1.807, 2.05) is 6.92 Å². The maximum atomic E-state index is 11.7. The van der Waals surface area contributed by atoms with Gasteiger partial charge in [0.15, 0.2) is 0 Å². The highest BCUT2D eigenvalue weighted by Crippen LogP contribution is 2.24. The van der Waals surface area contributed by atoms with Crippen molar-refractivity contribution in [1.29, 1.82) is 0 Å². The van der Waals surface area contributed by atoms with Gasteiger partial charge in [0, 0.05) is 13.2 Å². The molecular weight excluding hydrogens is 210 g/mol. The van der Waals surface area contributed by atoms with Crippen LogP contribution in [-0.2, 0) is 4.79 Å². The lowest BCUT2D eigenvalue weighted by molar-refractivity contribution is -0.120. The fourth-order valence-corrected chi connectivity index (χ4v) is 2.88. The number of rotatable bonds is 5. The lowest BCUT2D eigenvalue weighted by atomic mass is 10.1. The zero-order chi connectivity index (χ0) is 11.1. The molecule has 0 saturated carbocycles. The first-order valence-corrected chi connectivity index (χ1v) is 6.79. The van der Waals surface area contributed by atoms with Crippen LogP contribution in [0.2, 0.25) is 0 Å². The maximum Gasteiger partial charge on any atom is 0.233 e. The topological polar surface area (TPSA) is 49.3 Å². The highest BCUT2D eigenvalue weighted by Gasteiger charge is 2.21. The second kappa shape index (κ2) is 7.12. The first-order chi connectivity index (χ1) is 7.24. The van der Waals surface area contributed by atoms with Gasteiger partial charge in [-0.25, -0.2) is 0 Å². The molecule has 0 aromatic rings. The molecule has 3 nitrogen and oxygen atoms in total. The fraction of sp³-hybridized carbons (Fsp3) is 0.909. The molecule has 2 N–H and O–H groups in total. The molecule has 88 valence electrons. The molecule has 1 heterocycles. The van der Waals surface area contributed by atoms with Crippen molar-refractivity contribution in [3.05, 3.63) is 0 Å². The minimum absolute atomic E-state index is 0.167. The van der Waals surface area contributed by atoms with Gasteiger partial charge >= 0.3 is 0 Å². The Labute approximate surface area is 96.0 Å². The Balaban J connectivity index is 2.16. The summed E-state index contributed by atoms with van der Waals surface area (Å²) in [5, 5.41) is 11.9. The minimum atomic E-state index is 0.167. The third-order valence-electron chi connectivity index (χ3n) is 2.72. The Hall–Kier alpha value is -0.220. The summed E-state index contributed by atoms with van der Waals surface area (Å²) in [5.41, 5.74) is 0. The molecule has 2 unspecified atom stereocenters. The Kier molecular flexibility index (Phi) is 6.10. The number of thioether (sulfide) groups is 1. The second-order valence-corrected chi connectivity index (χ2v) is 5.53. The van der Waals surface area contributed by atoms with Crippen LogP contribution in [0.15, 0.2) is 0 Å². The van der Waals surface area contributed by atoms with Gasteiger partial charge in [-0.3, -0.25) is 4.79 Å². The maximum absolute atomic E-state index is 11.7. The monoisotopic (exact) mass is 231 g/mol.